The summed E-state index contributed by atoms with van der Waals surface area (Å²) in [5, 5.41) is 0. The van der Waals surface area contributed by atoms with Crippen molar-refractivity contribution in [3.63, 3.8) is 0 Å². The molecule has 130 valence electrons. The van der Waals surface area contributed by atoms with Crippen molar-refractivity contribution in [3.8, 4) is 0 Å². The molecule has 3 aromatic rings. The number of pyridine rings is 1. The maximum Gasteiger partial charge on any atom is 0.0666 e. The average Bonchev–Trinajstić information content (AvgIpc) is 3.00. The topological polar surface area (TPSA) is 42.7 Å². The zero-order chi connectivity index (χ0) is 17.1. The second kappa shape index (κ2) is 7.33. The molecule has 25 heavy (non-hydrogen) atoms. The van der Waals surface area contributed by atoms with Gasteiger partial charge in [0, 0.05) is 50.3 Å². The fourth-order valence-electron chi connectivity index (χ4n) is 3.58. The molecule has 5 nitrogen and oxygen atoms in total. The molecule has 1 atom stereocenters. The van der Waals surface area contributed by atoms with Crippen LogP contribution in [0.5, 0.6) is 0 Å². The van der Waals surface area contributed by atoms with E-state index >= 15 is 0 Å². The summed E-state index contributed by atoms with van der Waals surface area (Å²) in [6.07, 6.45) is 8.77. The predicted octanol–water partition coefficient (Wildman–Crippen LogP) is 2.73. The summed E-state index contributed by atoms with van der Waals surface area (Å²) in [5.74, 6) is 0.445. The maximum atomic E-state index is 5.87. The number of ether oxygens (including phenoxy) is 1. The quantitative estimate of drug-likeness (QED) is 0.735. The van der Waals surface area contributed by atoms with Crippen molar-refractivity contribution >= 4 is 5.52 Å². The van der Waals surface area contributed by atoms with Gasteiger partial charge in [-0.2, -0.15) is 0 Å². The fourth-order valence-corrected chi connectivity index (χ4v) is 3.58. The van der Waals surface area contributed by atoms with Crippen LogP contribution in [0.1, 0.15) is 17.0 Å². The van der Waals surface area contributed by atoms with Crippen LogP contribution in [0.25, 0.3) is 5.52 Å². The van der Waals surface area contributed by atoms with Gasteiger partial charge in [-0.15, -0.1) is 0 Å². The van der Waals surface area contributed by atoms with Crippen molar-refractivity contribution in [1.82, 2.24) is 19.3 Å². The number of hydrogen-bond acceptors (Lipinski definition) is 4. The Kier molecular flexibility index (Phi) is 4.76. The highest BCUT2D eigenvalue weighted by Gasteiger charge is 2.21. The van der Waals surface area contributed by atoms with E-state index in [0.717, 1.165) is 50.7 Å². The van der Waals surface area contributed by atoms with Crippen molar-refractivity contribution in [2.45, 2.75) is 19.9 Å². The lowest BCUT2D eigenvalue weighted by atomic mass is 10.0. The van der Waals surface area contributed by atoms with Crippen molar-refractivity contribution in [2.75, 3.05) is 26.3 Å². The van der Waals surface area contributed by atoms with E-state index in [0.29, 0.717) is 5.92 Å². The van der Waals surface area contributed by atoms with Crippen LogP contribution in [0.15, 0.2) is 49.1 Å². The summed E-state index contributed by atoms with van der Waals surface area (Å²) < 4.78 is 8.01. The van der Waals surface area contributed by atoms with Gasteiger partial charge in [0.25, 0.3) is 0 Å². The molecule has 1 aliphatic rings. The Bertz CT molecular complexity index is 844. The Morgan fingerprint density at radius 2 is 2.04 bits per heavy atom. The van der Waals surface area contributed by atoms with Crippen molar-refractivity contribution in [2.24, 2.45) is 5.92 Å². The lowest BCUT2D eigenvalue weighted by Gasteiger charge is -2.23. The van der Waals surface area contributed by atoms with Crippen LogP contribution in [0.3, 0.4) is 0 Å². The molecule has 1 fully saturated rings. The first kappa shape index (κ1) is 16.2. The highest BCUT2D eigenvalue weighted by atomic mass is 16.5. The van der Waals surface area contributed by atoms with Gasteiger partial charge in [0.1, 0.15) is 0 Å². The third-order valence-corrected chi connectivity index (χ3v) is 4.93. The standard InChI is InChI=1S/C20H24N4O/c1-16-4-2-6-21-19(16)14-23-10-11-25-15-17(13-23)12-18-20-5-3-8-24(20)9-7-22-18/h2-9,17H,10-15H2,1H3/t17-/m1/s1. The van der Waals surface area contributed by atoms with Crippen LogP contribution in [0, 0.1) is 12.8 Å². The van der Waals surface area contributed by atoms with E-state index in [9.17, 15) is 0 Å². The van der Waals surface area contributed by atoms with E-state index in [1.807, 2.05) is 24.7 Å². The molecule has 0 spiro atoms. The summed E-state index contributed by atoms with van der Waals surface area (Å²) in [6.45, 7) is 6.56. The molecular formula is C20H24N4O. The number of rotatable bonds is 4. The second-order valence-electron chi connectivity index (χ2n) is 6.82. The summed E-state index contributed by atoms with van der Waals surface area (Å²) in [4.78, 5) is 11.6. The van der Waals surface area contributed by atoms with E-state index in [1.165, 1.54) is 11.1 Å². The Balaban J connectivity index is 1.48. The molecule has 1 aliphatic heterocycles. The van der Waals surface area contributed by atoms with Gasteiger partial charge in [0.15, 0.2) is 0 Å². The molecule has 0 N–H and O–H groups in total. The zero-order valence-electron chi connectivity index (χ0n) is 14.6. The molecule has 0 aliphatic carbocycles. The van der Waals surface area contributed by atoms with E-state index in [-0.39, 0.29) is 0 Å². The summed E-state index contributed by atoms with van der Waals surface area (Å²) in [7, 11) is 0. The van der Waals surface area contributed by atoms with Crippen LogP contribution in [0.4, 0.5) is 0 Å². The monoisotopic (exact) mass is 336 g/mol. The maximum absolute atomic E-state index is 5.87. The van der Waals surface area contributed by atoms with Gasteiger partial charge in [0.05, 0.1) is 30.1 Å². The zero-order valence-corrected chi connectivity index (χ0v) is 14.6. The van der Waals surface area contributed by atoms with Crippen LogP contribution < -0.4 is 0 Å². The summed E-state index contributed by atoms with van der Waals surface area (Å²) >= 11 is 0. The number of aryl methyl sites for hydroxylation is 1. The number of nitrogens with zero attached hydrogens (tertiary/aromatic N) is 4. The molecule has 3 aromatic heterocycles. The van der Waals surface area contributed by atoms with Gasteiger partial charge >= 0.3 is 0 Å². The SMILES string of the molecule is Cc1cccnc1CN1CCOC[C@H](Cc2nccn3cccc23)C1. The lowest BCUT2D eigenvalue weighted by Crippen LogP contribution is -2.31. The third-order valence-electron chi connectivity index (χ3n) is 4.93. The normalized spacial score (nSPS) is 19.2. The van der Waals surface area contributed by atoms with Crippen LogP contribution in [-0.2, 0) is 17.7 Å². The molecule has 0 bridgehead atoms. The number of fused-ring (bicyclic) bond motifs is 1. The Labute approximate surface area is 148 Å². The van der Waals surface area contributed by atoms with Crippen molar-refractivity contribution < 1.29 is 4.74 Å². The first-order valence-corrected chi connectivity index (χ1v) is 8.91. The first-order valence-electron chi connectivity index (χ1n) is 8.91. The molecule has 0 saturated carbocycles. The number of aromatic nitrogens is 3. The van der Waals surface area contributed by atoms with E-state index in [4.69, 9.17) is 4.74 Å². The van der Waals surface area contributed by atoms with Gasteiger partial charge in [-0.25, -0.2) is 0 Å². The molecule has 4 rings (SSSR count). The molecule has 5 heteroatoms. The molecule has 1 saturated heterocycles. The van der Waals surface area contributed by atoms with Gasteiger partial charge in [-0.1, -0.05) is 6.07 Å². The minimum Gasteiger partial charge on any atom is -0.380 e. The van der Waals surface area contributed by atoms with Crippen LogP contribution in [-0.4, -0.2) is 45.6 Å². The van der Waals surface area contributed by atoms with Gasteiger partial charge in [0.2, 0.25) is 0 Å². The minimum atomic E-state index is 0.445. The highest BCUT2D eigenvalue weighted by Crippen LogP contribution is 2.18. The number of hydrogen-bond donors (Lipinski definition) is 0. The smallest absolute Gasteiger partial charge is 0.0666 e. The van der Waals surface area contributed by atoms with Gasteiger partial charge in [-0.3, -0.25) is 14.9 Å². The third kappa shape index (κ3) is 3.72. The van der Waals surface area contributed by atoms with Crippen molar-refractivity contribution in [1.29, 1.82) is 0 Å². The van der Waals surface area contributed by atoms with Gasteiger partial charge < -0.3 is 9.14 Å². The Morgan fingerprint density at radius 3 is 2.96 bits per heavy atom. The highest BCUT2D eigenvalue weighted by molar-refractivity contribution is 5.52. The van der Waals surface area contributed by atoms with Gasteiger partial charge in [-0.05, 0) is 37.1 Å². The van der Waals surface area contributed by atoms with E-state index in [2.05, 4.69) is 50.6 Å². The summed E-state index contributed by atoms with van der Waals surface area (Å²) in [5.41, 5.74) is 4.76. The molecule has 0 unspecified atom stereocenters. The first-order chi connectivity index (χ1) is 12.3. The van der Waals surface area contributed by atoms with E-state index < -0.39 is 0 Å². The lowest BCUT2D eigenvalue weighted by molar-refractivity contribution is 0.121. The van der Waals surface area contributed by atoms with Crippen LogP contribution in [0.2, 0.25) is 0 Å². The molecule has 4 heterocycles. The second-order valence-corrected chi connectivity index (χ2v) is 6.82. The fraction of sp³-hybridized carbons (Fsp3) is 0.400. The average molecular weight is 336 g/mol. The molecule has 0 radical (unpaired) electrons. The molecular weight excluding hydrogens is 312 g/mol. The van der Waals surface area contributed by atoms with Crippen LogP contribution >= 0.6 is 0 Å². The molecule has 0 amide bonds. The van der Waals surface area contributed by atoms with E-state index in [1.54, 1.807) is 0 Å². The minimum absolute atomic E-state index is 0.445. The Hall–Kier alpha value is -2.24. The summed E-state index contributed by atoms with van der Waals surface area (Å²) in [6, 6.07) is 8.33. The van der Waals surface area contributed by atoms with Crippen molar-refractivity contribution in [3.05, 3.63) is 66.0 Å². The largest absolute Gasteiger partial charge is 0.380 e. The Morgan fingerprint density at radius 1 is 1.12 bits per heavy atom. The predicted molar refractivity (Wildman–Crippen MR) is 97.5 cm³/mol. The molecule has 0 aromatic carbocycles.